The minimum Gasteiger partial charge on any atom is -0.463 e. The molecule has 5 heteroatoms. The first-order valence-electron chi connectivity index (χ1n) is 8.12. The zero-order chi connectivity index (χ0) is 16.4. The summed E-state index contributed by atoms with van der Waals surface area (Å²) >= 11 is 0. The van der Waals surface area contributed by atoms with Crippen molar-refractivity contribution in [2.24, 2.45) is 5.92 Å². The number of rotatable bonds is 4. The number of hydrogen-bond donors (Lipinski definition) is 1. The molecule has 1 N–H and O–H groups in total. The van der Waals surface area contributed by atoms with E-state index in [1.165, 1.54) is 11.8 Å². The second-order valence-corrected chi connectivity index (χ2v) is 6.16. The molecule has 2 amide bonds. The number of nitrogens with zero attached hydrogens (tertiary/aromatic N) is 1. The van der Waals surface area contributed by atoms with Gasteiger partial charge in [-0.2, -0.15) is 0 Å². The standard InChI is InChI=1S/C18H22N2O3/c1-3-13-4-5-17-15(8-13)16(11-23-17)18(22)19-9-14-6-7-20(10-14)12(2)21/h4-5,8,11,14H,3,6-7,9-10H2,1-2H3,(H,19,22)/t14-/m1/s1. The SMILES string of the molecule is CCc1ccc2occ(C(=O)NC[C@H]3CCN(C(C)=O)C3)c2c1. The number of nitrogens with one attached hydrogen (secondary N) is 1. The van der Waals surface area contributed by atoms with Crippen LogP contribution in [0.5, 0.6) is 0 Å². The van der Waals surface area contributed by atoms with Crippen LogP contribution in [-0.4, -0.2) is 36.3 Å². The topological polar surface area (TPSA) is 62.6 Å². The van der Waals surface area contributed by atoms with Gasteiger partial charge in [-0.3, -0.25) is 9.59 Å². The van der Waals surface area contributed by atoms with Crippen molar-refractivity contribution in [3.63, 3.8) is 0 Å². The van der Waals surface area contributed by atoms with Gasteiger partial charge in [0.1, 0.15) is 11.8 Å². The summed E-state index contributed by atoms with van der Waals surface area (Å²) in [6, 6.07) is 5.94. The summed E-state index contributed by atoms with van der Waals surface area (Å²) in [6.45, 7) is 5.76. The molecule has 0 spiro atoms. The third-order valence-corrected chi connectivity index (χ3v) is 4.57. The van der Waals surface area contributed by atoms with Crippen molar-refractivity contribution < 1.29 is 14.0 Å². The predicted molar refractivity (Wildman–Crippen MR) is 88.3 cm³/mol. The summed E-state index contributed by atoms with van der Waals surface area (Å²) in [4.78, 5) is 25.6. The number of fused-ring (bicyclic) bond motifs is 1. The highest BCUT2D eigenvalue weighted by Crippen LogP contribution is 2.23. The quantitative estimate of drug-likeness (QED) is 0.943. The number of amides is 2. The van der Waals surface area contributed by atoms with Crippen molar-refractivity contribution in [1.82, 2.24) is 10.2 Å². The third kappa shape index (κ3) is 3.23. The zero-order valence-corrected chi connectivity index (χ0v) is 13.6. The summed E-state index contributed by atoms with van der Waals surface area (Å²) in [7, 11) is 0. The van der Waals surface area contributed by atoms with Crippen LogP contribution in [0.1, 0.15) is 36.2 Å². The summed E-state index contributed by atoms with van der Waals surface area (Å²) < 4.78 is 5.48. The normalized spacial score (nSPS) is 17.7. The molecule has 1 atom stereocenters. The Morgan fingerprint density at radius 3 is 2.91 bits per heavy atom. The van der Waals surface area contributed by atoms with Gasteiger partial charge < -0.3 is 14.6 Å². The summed E-state index contributed by atoms with van der Waals surface area (Å²) in [5.41, 5.74) is 2.49. The molecular formula is C18H22N2O3. The smallest absolute Gasteiger partial charge is 0.255 e. The van der Waals surface area contributed by atoms with Crippen LogP contribution in [-0.2, 0) is 11.2 Å². The zero-order valence-electron chi connectivity index (χ0n) is 13.6. The highest BCUT2D eigenvalue weighted by Gasteiger charge is 2.25. The average molecular weight is 314 g/mol. The fraction of sp³-hybridized carbons (Fsp3) is 0.444. The minimum atomic E-state index is -0.113. The van der Waals surface area contributed by atoms with Crippen LogP contribution in [0.4, 0.5) is 0 Å². The lowest BCUT2D eigenvalue weighted by atomic mass is 10.1. The van der Waals surface area contributed by atoms with Crippen LogP contribution in [0, 0.1) is 5.92 Å². The van der Waals surface area contributed by atoms with Gasteiger partial charge in [-0.05, 0) is 36.5 Å². The lowest BCUT2D eigenvalue weighted by molar-refractivity contribution is -0.127. The molecule has 1 aromatic carbocycles. The Balaban J connectivity index is 1.66. The second kappa shape index (κ2) is 6.44. The first kappa shape index (κ1) is 15.6. The fourth-order valence-electron chi connectivity index (χ4n) is 3.09. The number of carbonyl (C=O) groups excluding carboxylic acids is 2. The Bertz CT molecular complexity index is 735. The molecule has 5 nitrogen and oxygen atoms in total. The fourth-order valence-corrected chi connectivity index (χ4v) is 3.09. The molecule has 0 bridgehead atoms. The minimum absolute atomic E-state index is 0.103. The number of hydrogen-bond acceptors (Lipinski definition) is 3. The molecule has 0 radical (unpaired) electrons. The molecule has 1 aromatic heterocycles. The molecule has 0 saturated carbocycles. The van der Waals surface area contributed by atoms with Crippen molar-refractivity contribution in [1.29, 1.82) is 0 Å². The van der Waals surface area contributed by atoms with E-state index in [0.717, 1.165) is 36.9 Å². The van der Waals surface area contributed by atoms with Gasteiger partial charge in [-0.1, -0.05) is 13.0 Å². The molecular weight excluding hydrogens is 292 g/mol. The second-order valence-electron chi connectivity index (χ2n) is 6.16. The lowest BCUT2D eigenvalue weighted by Crippen LogP contribution is -2.32. The molecule has 1 aliphatic heterocycles. The summed E-state index contributed by atoms with van der Waals surface area (Å²) in [5, 5.41) is 3.84. The van der Waals surface area contributed by atoms with Gasteiger partial charge in [0.05, 0.1) is 5.56 Å². The van der Waals surface area contributed by atoms with Gasteiger partial charge in [-0.25, -0.2) is 0 Å². The Hall–Kier alpha value is -2.30. The van der Waals surface area contributed by atoms with E-state index >= 15 is 0 Å². The molecule has 23 heavy (non-hydrogen) atoms. The van der Waals surface area contributed by atoms with Crippen LogP contribution >= 0.6 is 0 Å². The van der Waals surface area contributed by atoms with E-state index in [0.29, 0.717) is 18.0 Å². The van der Waals surface area contributed by atoms with E-state index in [2.05, 4.69) is 12.2 Å². The largest absolute Gasteiger partial charge is 0.463 e. The van der Waals surface area contributed by atoms with E-state index in [1.54, 1.807) is 6.92 Å². The summed E-state index contributed by atoms with van der Waals surface area (Å²) in [6.07, 6.45) is 3.38. The highest BCUT2D eigenvalue weighted by atomic mass is 16.3. The molecule has 1 saturated heterocycles. The Kier molecular flexibility index (Phi) is 4.37. The van der Waals surface area contributed by atoms with Gasteiger partial charge in [0.2, 0.25) is 5.91 Å². The highest BCUT2D eigenvalue weighted by molar-refractivity contribution is 6.06. The maximum atomic E-state index is 12.4. The molecule has 0 aliphatic carbocycles. The molecule has 0 unspecified atom stereocenters. The molecule has 2 aromatic rings. The van der Waals surface area contributed by atoms with Crippen LogP contribution in [0.2, 0.25) is 0 Å². The number of furan rings is 1. The third-order valence-electron chi connectivity index (χ3n) is 4.57. The van der Waals surface area contributed by atoms with Crippen molar-refractivity contribution in [2.45, 2.75) is 26.7 Å². The molecule has 1 fully saturated rings. The Morgan fingerprint density at radius 2 is 2.22 bits per heavy atom. The van der Waals surface area contributed by atoms with Crippen molar-refractivity contribution in [3.8, 4) is 0 Å². The Labute approximate surface area is 135 Å². The Morgan fingerprint density at radius 1 is 1.39 bits per heavy atom. The van der Waals surface area contributed by atoms with Crippen LogP contribution in [0.25, 0.3) is 11.0 Å². The number of likely N-dealkylation sites (tertiary alicyclic amines) is 1. The van der Waals surface area contributed by atoms with Gasteiger partial charge in [-0.15, -0.1) is 0 Å². The first-order chi connectivity index (χ1) is 11.1. The lowest BCUT2D eigenvalue weighted by Gasteiger charge is -2.14. The van der Waals surface area contributed by atoms with E-state index in [-0.39, 0.29) is 11.8 Å². The molecule has 2 heterocycles. The average Bonchev–Trinajstić information content (AvgIpc) is 3.18. The van der Waals surface area contributed by atoms with Crippen LogP contribution < -0.4 is 5.32 Å². The van der Waals surface area contributed by atoms with Crippen molar-refractivity contribution in [2.75, 3.05) is 19.6 Å². The molecule has 3 rings (SSSR count). The number of benzene rings is 1. The monoisotopic (exact) mass is 314 g/mol. The van der Waals surface area contributed by atoms with Crippen LogP contribution in [0.15, 0.2) is 28.9 Å². The van der Waals surface area contributed by atoms with Gasteiger partial charge in [0, 0.05) is 31.9 Å². The van der Waals surface area contributed by atoms with E-state index in [4.69, 9.17) is 4.42 Å². The summed E-state index contributed by atoms with van der Waals surface area (Å²) in [5.74, 6) is 0.317. The maximum absolute atomic E-state index is 12.4. The van der Waals surface area contributed by atoms with E-state index in [1.807, 2.05) is 23.1 Å². The molecule has 1 aliphatic rings. The van der Waals surface area contributed by atoms with Crippen LogP contribution in [0.3, 0.4) is 0 Å². The predicted octanol–water partition coefficient (Wildman–Crippen LogP) is 2.59. The van der Waals surface area contributed by atoms with Gasteiger partial charge in [0.15, 0.2) is 0 Å². The van der Waals surface area contributed by atoms with E-state index < -0.39 is 0 Å². The van der Waals surface area contributed by atoms with Gasteiger partial charge in [0.25, 0.3) is 5.91 Å². The maximum Gasteiger partial charge on any atom is 0.255 e. The van der Waals surface area contributed by atoms with Gasteiger partial charge >= 0.3 is 0 Å². The molecule has 122 valence electrons. The van der Waals surface area contributed by atoms with Crippen molar-refractivity contribution >= 4 is 22.8 Å². The number of aryl methyl sites for hydroxylation is 1. The first-order valence-corrected chi connectivity index (χ1v) is 8.12. The number of carbonyl (C=O) groups is 2. The van der Waals surface area contributed by atoms with Crippen molar-refractivity contribution in [3.05, 3.63) is 35.6 Å². The van der Waals surface area contributed by atoms with E-state index in [9.17, 15) is 9.59 Å².